The van der Waals surface area contributed by atoms with Crippen molar-refractivity contribution in [2.45, 2.75) is 6.42 Å². The number of rotatable bonds is 3. The number of hydrogen-bond acceptors (Lipinski definition) is 4. The van der Waals surface area contributed by atoms with Gasteiger partial charge in [0.15, 0.2) is 5.82 Å². The lowest BCUT2D eigenvalue weighted by Gasteiger charge is -2.17. The number of carbonyl (C=O) groups is 1. The molecule has 108 valence electrons. The van der Waals surface area contributed by atoms with Gasteiger partial charge in [0.2, 0.25) is 5.91 Å². The first-order chi connectivity index (χ1) is 10.1. The average molecular weight is 303 g/mol. The van der Waals surface area contributed by atoms with Crippen molar-refractivity contribution in [1.82, 2.24) is 9.97 Å². The molecule has 0 bridgehead atoms. The molecule has 1 saturated heterocycles. The number of nitrogens with zero attached hydrogens (tertiary/aromatic N) is 3. The topological polar surface area (TPSA) is 72.1 Å². The Bertz CT molecular complexity index is 662. The summed E-state index contributed by atoms with van der Waals surface area (Å²) in [7, 11) is 0. The van der Waals surface area contributed by atoms with Crippen LogP contribution >= 0.6 is 11.6 Å². The van der Waals surface area contributed by atoms with Crippen LogP contribution in [0.1, 0.15) is 6.42 Å². The Kier molecular flexibility index (Phi) is 3.75. The van der Waals surface area contributed by atoms with E-state index in [0.29, 0.717) is 17.5 Å². The summed E-state index contributed by atoms with van der Waals surface area (Å²) in [4.78, 5) is 22.1. The van der Waals surface area contributed by atoms with Gasteiger partial charge in [0, 0.05) is 24.7 Å². The highest BCUT2D eigenvalue weighted by atomic mass is 35.5. The summed E-state index contributed by atoms with van der Waals surface area (Å²) >= 11 is 6.11. The van der Waals surface area contributed by atoms with E-state index in [1.54, 1.807) is 6.07 Å². The lowest BCUT2D eigenvalue weighted by atomic mass is 10.1. The van der Waals surface area contributed by atoms with Crippen molar-refractivity contribution in [3.63, 3.8) is 0 Å². The highest BCUT2D eigenvalue weighted by Gasteiger charge is 2.27. The monoisotopic (exact) mass is 302 g/mol. The van der Waals surface area contributed by atoms with Gasteiger partial charge in [0.25, 0.3) is 0 Å². The molecule has 2 aromatic rings. The molecule has 6 heteroatoms. The smallest absolute Gasteiger partial charge is 0.222 e. The molecule has 0 aliphatic carbocycles. The highest BCUT2D eigenvalue weighted by molar-refractivity contribution is 6.29. The van der Waals surface area contributed by atoms with Gasteiger partial charge in [-0.1, -0.05) is 41.9 Å². The zero-order chi connectivity index (χ0) is 14.8. The van der Waals surface area contributed by atoms with Crippen molar-refractivity contribution in [2.24, 2.45) is 11.7 Å². The van der Waals surface area contributed by atoms with Crippen LogP contribution in [0, 0.1) is 5.92 Å². The molecule has 1 fully saturated rings. The molecule has 2 heterocycles. The average Bonchev–Trinajstić information content (AvgIpc) is 2.98. The van der Waals surface area contributed by atoms with Crippen LogP contribution in [0.3, 0.4) is 0 Å². The molecule has 0 spiro atoms. The number of hydrogen-bond donors (Lipinski definition) is 1. The van der Waals surface area contributed by atoms with E-state index < -0.39 is 0 Å². The van der Waals surface area contributed by atoms with E-state index in [4.69, 9.17) is 17.3 Å². The van der Waals surface area contributed by atoms with E-state index in [9.17, 15) is 4.79 Å². The molecule has 1 aliphatic rings. The molecular formula is C15H15ClN4O. The van der Waals surface area contributed by atoms with Gasteiger partial charge in [-0.2, -0.15) is 0 Å². The number of nitrogens with two attached hydrogens (primary N) is 1. The number of aromatic nitrogens is 2. The normalized spacial score (nSPS) is 18.0. The molecule has 0 saturated carbocycles. The lowest BCUT2D eigenvalue weighted by Crippen LogP contribution is -2.27. The first-order valence-corrected chi connectivity index (χ1v) is 7.15. The predicted octanol–water partition coefficient (Wildman–Crippen LogP) is 2.11. The second-order valence-corrected chi connectivity index (χ2v) is 5.46. The van der Waals surface area contributed by atoms with E-state index in [1.165, 1.54) is 0 Å². The number of amides is 1. The van der Waals surface area contributed by atoms with Gasteiger partial charge >= 0.3 is 0 Å². The van der Waals surface area contributed by atoms with Crippen molar-refractivity contribution in [3.8, 4) is 11.4 Å². The zero-order valence-electron chi connectivity index (χ0n) is 11.4. The van der Waals surface area contributed by atoms with Gasteiger partial charge in [-0.05, 0) is 6.42 Å². The minimum atomic E-state index is -0.263. The molecule has 1 aromatic carbocycles. The third-order valence-corrected chi connectivity index (χ3v) is 3.82. The number of carbonyl (C=O) groups excluding carboxylic acids is 1. The van der Waals surface area contributed by atoms with Crippen LogP contribution in [0.15, 0.2) is 36.4 Å². The highest BCUT2D eigenvalue weighted by Crippen LogP contribution is 2.26. The van der Waals surface area contributed by atoms with E-state index in [1.807, 2.05) is 35.2 Å². The Morgan fingerprint density at radius 2 is 2.05 bits per heavy atom. The fourth-order valence-corrected chi connectivity index (χ4v) is 2.66. The van der Waals surface area contributed by atoms with Gasteiger partial charge in [0.05, 0.1) is 5.92 Å². The molecule has 1 aromatic heterocycles. The summed E-state index contributed by atoms with van der Waals surface area (Å²) in [5.41, 5.74) is 6.27. The maximum absolute atomic E-state index is 11.3. The SMILES string of the molecule is NC(=O)C1CCN(c2cc(Cl)nc(-c3ccccc3)n2)C1. The molecule has 3 rings (SSSR count). The predicted molar refractivity (Wildman–Crippen MR) is 82.0 cm³/mol. The summed E-state index contributed by atoms with van der Waals surface area (Å²) in [6.45, 7) is 1.33. The van der Waals surface area contributed by atoms with Crippen molar-refractivity contribution in [1.29, 1.82) is 0 Å². The van der Waals surface area contributed by atoms with Gasteiger partial charge in [0.1, 0.15) is 11.0 Å². The van der Waals surface area contributed by atoms with Crippen LogP contribution in [-0.2, 0) is 4.79 Å². The molecule has 1 unspecified atom stereocenters. The van der Waals surface area contributed by atoms with Crippen LogP contribution in [0.25, 0.3) is 11.4 Å². The van der Waals surface area contributed by atoms with Gasteiger partial charge in [-0.25, -0.2) is 9.97 Å². The Morgan fingerprint density at radius 1 is 1.29 bits per heavy atom. The fraction of sp³-hybridized carbons (Fsp3) is 0.267. The first kappa shape index (κ1) is 13.8. The molecule has 1 atom stereocenters. The number of anilines is 1. The molecule has 2 N–H and O–H groups in total. The minimum absolute atomic E-state index is 0.126. The maximum atomic E-state index is 11.3. The van der Waals surface area contributed by atoms with Crippen LogP contribution in [0.2, 0.25) is 5.15 Å². The van der Waals surface area contributed by atoms with Crippen molar-refractivity contribution in [2.75, 3.05) is 18.0 Å². The summed E-state index contributed by atoms with van der Waals surface area (Å²) in [5, 5.41) is 0.390. The lowest BCUT2D eigenvalue weighted by molar-refractivity contribution is -0.121. The van der Waals surface area contributed by atoms with Crippen LogP contribution in [0.4, 0.5) is 5.82 Å². The zero-order valence-corrected chi connectivity index (χ0v) is 12.1. The Morgan fingerprint density at radius 3 is 2.71 bits per heavy atom. The van der Waals surface area contributed by atoms with Gasteiger partial charge < -0.3 is 10.6 Å². The number of halogens is 1. The largest absolute Gasteiger partial charge is 0.369 e. The van der Waals surface area contributed by atoms with Crippen LogP contribution in [0.5, 0.6) is 0 Å². The molecule has 1 aliphatic heterocycles. The second kappa shape index (κ2) is 5.69. The third-order valence-electron chi connectivity index (χ3n) is 3.63. The molecule has 0 radical (unpaired) electrons. The number of primary amides is 1. The molecule has 21 heavy (non-hydrogen) atoms. The standard InChI is InChI=1S/C15H15ClN4O/c16-12-8-13(20-7-6-11(9-20)14(17)21)19-15(18-12)10-4-2-1-3-5-10/h1-5,8,11H,6-7,9H2,(H2,17,21). The summed E-state index contributed by atoms with van der Waals surface area (Å²) in [5.74, 6) is 0.929. The maximum Gasteiger partial charge on any atom is 0.222 e. The van der Waals surface area contributed by atoms with Crippen LogP contribution < -0.4 is 10.6 Å². The summed E-state index contributed by atoms with van der Waals surface area (Å²) < 4.78 is 0. The van der Waals surface area contributed by atoms with E-state index in [-0.39, 0.29) is 11.8 Å². The second-order valence-electron chi connectivity index (χ2n) is 5.07. The minimum Gasteiger partial charge on any atom is -0.369 e. The fourth-order valence-electron chi connectivity index (χ4n) is 2.48. The van der Waals surface area contributed by atoms with Crippen LogP contribution in [-0.4, -0.2) is 29.0 Å². The van der Waals surface area contributed by atoms with E-state index in [0.717, 1.165) is 24.3 Å². The van der Waals surface area contributed by atoms with Crippen molar-refractivity contribution < 1.29 is 4.79 Å². The van der Waals surface area contributed by atoms with E-state index in [2.05, 4.69) is 9.97 Å². The quantitative estimate of drug-likeness (QED) is 0.881. The third kappa shape index (κ3) is 2.97. The van der Waals surface area contributed by atoms with Gasteiger partial charge in [-0.15, -0.1) is 0 Å². The first-order valence-electron chi connectivity index (χ1n) is 6.78. The number of benzene rings is 1. The summed E-state index contributed by atoms with van der Waals surface area (Å²) in [6, 6.07) is 11.4. The van der Waals surface area contributed by atoms with Gasteiger partial charge in [-0.3, -0.25) is 4.79 Å². The summed E-state index contributed by atoms with van der Waals surface area (Å²) in [6.07, 6.45) is 0.748. The Hall–Kier alpha value is -2.14. The molecular weight excluding hydrogens is 288 g/mol. The Balaban J connectivity index is 1.91. The van der Waals surface area contributed by atoms with Crippen molar-refractivity contribution >= 4 is 23.3 Å². The molecule has 5 nitrogen and oxygen atoms in total. The van der Waals surface area contributed by atoms with Crippen molar-refractivity contribution in [3.05, 3.63) is 41.6 Å². The molecule has 1 amide bonds. The van der Waals surface area contributed by atoms with E-state index >= 15 is 0 Å². The Labute approximate surface area is 127 Å².